The fourth-order valence-electron chi connectivity index (χ4n) is 4.59. The van der Waals surface area contributed by atoms with Gasteiger partial charge < -0.3 is 25.0 Å². The van der Waals surface area contributed by atoms with Crippen LogP contribution < -0.4 is 5.32 Å². The maximum atomic E-state index is 13.2. The van der Waals surface area contributed by atoms with Crippen LogP contribution >= 0.6 is 0 Å². The minimum atomic E-state index is -0.379. The largest absolute Gasteiger partial charge is 0.394 e. The number of rotatable bonds is 5. The number of urea groups is 1. The van der Waals surface area contributed by atoms with Gasteiger partial charge in [-0.05, 0) is 24.8 Å². The number of hydrogen-bond donors (Lipinski definition) is 2. The highest BCUT2D eigenvalue weighted by Gasteiger charge is 2.29. The number of nitrogens with zero attached hydrogens (tertiary/aromatic N) is 5. The monoisotopic (exact) mass is 508 g/mol. The van der Waals surface area contributed by atoms with E-state index in [4.69, 9.17) is 4.74 Å². The molecule has 0 saturated heterocycles. The third-order valence-electron chi connectivity index (χ3n) is 6.88. The van der Waals surface area contributed by atoms with E-state index in [0.29, 0.717) is 38.2 Å². The zero-order valence-corrected chi connectivity index (χ0v) is 21.7. The van der Waals surface area contributed by atoms with Crippen LogP contribution in [0.15, 0.2) is 48.7 Å². The van der Waals surface area contributed by atoms with Gasteiger partial charge >= 0.3 is 6.03 Å². The topological polar surface area (TPSA) is 113 Å². The molecule has 2 bridgehead atoms. The van der Waals surface area contributed by atoms with Gasteiger partial charge in [-0.1, -0.05) is 48.5 Å². The zero-order valence-electron chi connectivity index (χ0n) is 21.7. The van der Waals surface area contributed by atoms with Gasteiger partial charge in [-0.15, -0.1) is 5.10 Å². The third-order valence-corrected chi connectivity index (χ3v) is 6.88. The number of nitrogens with one attached hydrogen (secondary N) is 1. The van der Waals surface area contributed by atoms with Crippen molar-refractivity contribution in [3.63, 3.8) is 0 Å². The summed E-state index contributed by atoms with van der Waals surface area (Å²) in [4.78, 5) is 29.5. The van der Waals surface area contributed by atoms with E-state index >= 15 is 0 Å². The Bertz CT molecular complexity index is 1210. The number of amides is 3. The van der Waals surface area contributed by atoms with Crippen LogP contribution in [0.25, 0.3) is 10.8 Å². The molecule has 3 atom stereocenters. The van der Waals surface area contributed by atoms with Crippen molar-refractivity contribution < 1.29 is 19.4 Å². The van der Waals surface area contributed by atoms with E-state index in [2.05, 4.69) is 15.6 Å². The Morgan fingerprint density at radius 2 is 2.05 bits per heavy atom. The van der Waals surface area contributed by atoms with Gasteiger partial charge in [0.15, 0.2) is 0 Å². The number of carbonyl (C=O) groups is 2. The Hall–Kier alpha value is -3.50. The molecule has 10 heteroatoms. The smallest absolute Gasteiger partial charge is 0.321 e. The van der Waals surface area contributed by atoms with Gasteiger partial charge in [0.1, 0.15) is 5.69 Å². The molecule has 2 N–H and O–H groups in total. The lowest BCUT2D eigenvalue weighted by Gasteiger charge is -2.35. The quantitative estimate of drug-likeness (QED) is 0.548. The number of aromatic nitrogens is 3. The second kappa shape index (κ2) is 12.2. The Balaban J connectivity index is 1.51. The standard InChI is InChI=1S/C27H36N6O4/c1-19-14-33(20(2)17-34)26(35)12-7-13-32-15-22(29-30-32)18-37-25(19)16-31(3)27(36)28-24-11-6-9-21-8-4-5-10-23(21)24/h4-6,8-11,15,19-20,25,34H,7,12-14,16-18H2,1-3H3,(H,28,36)/t19-,20+,25-/m0/s1. The molecule has 3 aromatic rings. The molecular weight excluding hydrogens is 472 g/mol. The summed E-state index contributed by atoms with van der Waals surface area (Å²) >= 11 is 0. The predicted molar refractivity (Wildman–Crippen MR) is 141 cm³/mol. The van der Waals surface area contributed by atoms with Crippen molar-refractivity contribution in [3.05, 3.63) is 54.4 Å². The van der Waals surface area contributed by atoms with Crippen molar-refractivity contribution in [3.8, 4) is 0 Å². The summed E-state index contributed by atoms with van der Waals surface area (Å²) in [7, 11) is 1.73. The molecule has 0 fully saturated rings. The number of aliphatic hydroxyl groups is 1. The molecule has 1 aliphatic rings. The zero-order chi connectivity index (χ0) is 26.4. The average Bonchev–Trinajstić information content (AvgIpc) is 3.36. The van der Waals surface area contributed by atoms with Crippen molar-refractivity contribution in [1.29, 1.82) is 0 Å². The van der Waals surface area contributed by atoms with Crippen LogP contribution in [-0.2, 0) is 22.7 Å². The second-order valence-corrected chi connectivity index (χ2v) is 9.82. The Labute approximate surface area is 217 Å². The summed E-state index contributed by atoms with van der Waals surface area (Å²) in [5.74, 6) is -0.129. The maximum absolute atomic E-state index is 13.2. The van der Waals surface area contributed by atoms with Crippen molar-refractivity contribution in [2.75, 3.05) is 32.1 Å². The van der Waals surface area contributed by atoms with Gasteiger partial charge in [0, 0.05) is 44.4 Å². The number of hydrogen-bond acceptors (Lipinski definition) is 6. The highest BCUT2D eigenvalue weighted by atomic mass is 16.5. The first-order valence-corrected chi connectivity index (χ1v) is 12.8. The summed E-state index contributed by atoms with van der Waals surface area (Å²) in [5, 5.41) is 23.1. The molecule has 4 rings (SSSR count). The highest BCUT2D eigenvalue weighted by Crippen LogP contribution is 2.24. The minimum absolute atomic E-state index is 0.0196. The molecule has 198 valence electrons. The molecule has 2 heterocycles. The first kappa shape index (κ1) is 26.6. The number of likely N-dealkylation sites (N-methyl/N-ethyl adjacent to an activating group) is 1. The van der Waals surface area contributed by atoms with Gasteiger partial charge in [0.05, 0.1) is 37.2 Å². The third kappa shape index (κ3) is 6.64. The lowest BCUT2D eigenvalue weighted by molar-refractivity contribution is -0.136. The summed E-state index contributed by atoms with van der Waals surface area (Å²) in [6.45, 7) is 5.26. The molecule has 3 amide bonds. The lowest BCUT2D eigenvalue weighted by atomic mass is 10.0. The molecule has 1 aliphatic heterocycles. The van der Waals surface area contributed by atoms with Crippen LogP contribution in [0.3, 0.4) is 0 Å². The van der Waals surface area contributed by atoms with Crippen LogP contribution in [-0.4, -0.2) is 80.7 Å². The van der Waals surface area contributed by atoms with Crippen LogP contribution in [0.2, 0.25) is 0 Å². The second-order valence-electron chi connectivity index (χ2n) is 9.82. The number of aryl methyl sites for hydroxylation is 1. The molecule has 10 nitrogen and oxygen atoms in total. The van der Waals surface area contributed by atoms with Crippen LogP contribution in [0.4, 0.5) is 10.5 Å². The summed E-state index contributed by atoms with van der Waals surface area (Å²) in [5.41, 5.74) is 1.44. The number of aliphatic hydroxyl groups excluding tert-OH is 1. The first-order chi connectivity index (χ1) is 17.9. The molecule has 1 aromatic heterocycles. The fourth-order valence-corrected chi connectivity index (χ4v) is 4.59. The van der Waals surface area contributed by atoms with E-state index in [1.54, 1.807) is 21.5 Å². The van der Waals surface area contributed by atoms with E-state index in [9.17, 15) is 14.7 Å². The van der Waals surface area contributed by atoms with Crippen molar-refractivity contribution in [2.24, 2.45) is 5.92 Å². The highest BCUT2D eigenvalue weighted by molar-refractivity contribution is 6.01. The Morgan fingerprint density at radius 1 is 1.27 bits per heavy atom. The van der Waals surface area contributed by atoms with E-state index in [-0.39, 0.29) is 43.2 Å². The number of carbonyl (C=O) groups excluding carboxylic acids is 2. The van der Waals surface area contributed by atoms with Crippen LogP contribution in [0.1, 0.15) is 32.4 Å². The fraction of sp³-hybridized carbons (Fsp3) is 0.481. The maximum Gasteiger partial charge on any atom is 0.321 e. The minimum Gasteiger partial charge on any atom is -0.394 e. The molecule has 0 saturated carbocycles. The van der Waals surface area contributed by atoms with Gasteiger partial charge in [0.2, 0.25) is 5.91 Å². The van der Waals surface area contributed by atoms with Crippen LogP contribution in [0, 0.1) is 5.92 Å². The Morgan fingerprint density at radius 3 is 2.86 bits per heavy atom. The molecule has 0 spiro atoms. The summed E-state index contributed by atoms with van der Waals surface area (Å²) in [6.07, 6.45) is 2.43. The predicted octanol–water partition coefficient (Wildman–Crippen LogP) is 3.12. The number of benzene rings is 2. The van der Waals surface area contributed by atoms with Gasteiger partial charge in [-0.3, -0.25) is 9.48 Å². The molecular formula is C27H36N6O4. The molecule has 37 heavy (non-hydrogen) atoms. The van der Waals surface area contributed by atoms with E-state index in [1.807, 2.05) is 62.5 Å². The molecule has 0 unspecified atom stereocenters. The van der Waals surface area contributed by atoms with Crippen molar-refractivity contribution >= 4 is 28.4 Å². The van der Waals surface area contributed by atoms with Gasteiger partial charge in [-0.2, -0.15) is 0 Å². The van der Waals surface area contributed by atoms with Gasteiger partial charge in [0.25, 0.3) is 0 Å². The van der Waals surface area contributed by atoms with Crippen LogP contribution in [0.5, 0.6) is 0 Å². The van der Waals surface area contributed by atoms with E-state index in [1.165, 1.54) is 0 Å². The number of ether oxygens (including phenoxy) is 1. The van der Waals surface area contributed by atoms with Crippen molar-refractivity contribution in [2.45, 2.75) is 52.0 Å². The molecule has 0 radical (unpaired) electrons. The SMILES string of the molecule is C[C@H](CO)N1C[C@H](C)[C@H](CN(C)C(=O)Nc2cccc3ccccc23)OCc2cn(nn2)CCCC1=O. The molecule has 0 aliphatic carbocycles. The average molecular weight is 509 g/mol. The molecule has 2 aromatic carbocycles. The summed E-state index contributed by atoms with van der Waals surface area (Å²) in [6, 6.07) is 13.1. The first-order valence-electron chi connectivity index (χ1n) is 12.8. The normalized spacial score (nSPS) is 20.0. The van der Waals surface area contributed by atoms with Gasteiger partial charge in [-0.25, -0.2) is 4.79 Å². The summed E-state index contributed by atoms with van der Waals surface area (Å²) < 4.78 is 7.98. The number of anilines is 1. The van der Waals surface area contributed by atoms with E-state index < -0.39 is 0 Å². The van der Waals surface area contributed by atoms with Crippen molar-refractivity contribution in [1.82, 2.24) is 24.8 Å². The number of fused-ring (bicyclic) bond motifs is 3. The van der Waals surface area contributed by atoms with E-state index in [0.717, 1.165) is 16.5 Å². The lowest BCUT2D eigenvalue weighted by Crippen LogP contribution is -2.48. The Kier molecular flexibility index (Phi) is 8.73.